The Hall–Kier alpha value is -2.81. The molecule has 16 heteroatoms. The van der Waals surface area contributed by atoms with Crippen molar-refractivity contribution in [2.45, 2.75) is 121 Å². The van der Waals surface area contributed by atoms with E-state index in [9.17, 15) is 19.2 Å². The first-order valence-electron chi connectivity index (χ1n) is 17.9. The predicted molar refractivity (Wildman–Crippen MR) is 213 cm³/mol. The van der Waals surface area contributed by atoms with Crippen LogP contribution in [0.3, 0.4) is 0 Å². The number of carbonyl (C=O) groups excluding carboxylic acids is 4. The van der Waals surface area contributed by atoms with Gasteiger partial charge in [-0.1, -0.05) is 93.7 Å². The van der Waals surface area contributed by atoms with Crippen molar-refractivity contribution in [3.05, 3.63) is 41.9 Å². The SMILES string of the molecule is CC(NC(=O)[C@@H](NC(=O)C(C)(C)/C=C/c1ccc2cnc([C@H](C)O[Si](C)(C)C(C)(C)C)nc2c1)C(C)C)C(=O)N1CCC[C@@H](C(=O)OCC(Cl)(Cl)Cl)N1. The summed E-state index contributed by atoms with van der Waals surface area (Å²) in [5, 5.41) is 7.81. The number of halogens is 3. The van der Waals surface area contributed by atoms with Gasteiger partial charge in [-0.25, -0.2) is 15.4 Å². The summed E-state index contributed by atoms with van der Waals surface area (Å²) in [6.07, 6.45) is 6.10. The number of carbonyl (C=O) groups is 4. The fourth-order valence-corrected chi connectivity index (χ4v) is 6.74. The van der Waals surface area contributed by atoms with Crippen LogP contribution in [0.4, 0.5) is 0 Å². The number of hydrogen-bond donors (Lipinski definition) is 3. The Morgan fingerprint density at radius 1 is 1.06 bits per heavy atom. The van der Waals surface area contributed by atoms with Gasteiger partial charge < -0.3 is 19.8 Å². The van der Waals surface area contributed by atoms with Crippen molar-refractivity contribution in [3.63, 3.8) is 0 Å². The van der Waals surface area contributed by atoms with Gasteiger partial charge in [0, 0.05) is 18.1 Å². The third-order valence-corrected chi connectivity index (χ3v) is 14.5. The number of aromatic nitrogens is 2. The molecular formula is C37H55Cl3N6O6Si. The van der Waals surface area contributed by atoms with Crippen LogP contribution >= 0.6 is 34.8 Å². The van der Waals surface area contributed by atoms with Crippen molar-refractivity contribution in [1.82, 2.24) is 31.0 Å². The van der Waals surface area contributed by atoms with Gasteiger partial charge >= 0.3 is 5.97 Å². The Kier molecular flexibility index (Phi) is 14.9. The molecule has 0 saturated carbocycles. The summed E-state index contributed by atoms with van der Waals surface area (Å²) in [6.45, 7) is 21.5. The standard InChI is InChI=1S/C37H55Cl3N6O6Si/c1-22(2)29(31(47)42-23(3)32(48)46-18-12-13-27(45-46)33(49)51-21-37(38,39)40)44-34(50)36(8,9)17-16-25-14-15-26-20-41-30(43-28(26)19-25)24(4)52-53(10,11)35(5,6)7/h14-17,19-20,22-24,27,29,45H,12-13,18,21H2,1-11H3,(H,42,47)(H,44,50)/b17-16+/t23?,24-,27-,29-/m0/s1. The fourth-order valence-electron chi connectivity index (χ4n) is 5.24. The minimum Gasteiger partial charge on any atom is -0.460 e. The van der Waals surface area contributed by atoms with Gasteiger partial charge in [-0.2, -0.15) is 0 Å². The number of nitrogens with one attached hydrogen (secondary N) is 3. The normalized spacial score (nSPS) is 17.8. The zero-order chi connectivity index (χ0) is 40.1. The molecular weight excluding hydrogens is 759 g/mol. The van der Waals surface area contributed by atoms with Gasteiger partial charge in [0.25, 0.3) is 5.91 Å². The van der Waals surface area contributed by atoms with E-state index in [1.54, 1.807) is 26.1 Å². The van der Waals surface area contributed by atoms with Gasteiger partial charge in [0.1, 0.15) is 30.8 Å². The summed E-state index contributed by atoms with van der Waals surface area (Å²) in [5.41, 5.74) is 3.46. The highest BCUT2D eigenvalue weighted by Crippen LogP contribution is 2.39. The molecule has 2 heterocycles. The van der Waals surface area contributed by atoms with E-state index in [2.05, 4.69) is 54.9 Å². The number of hydrazine groups is 1. The van der Waals surface area contributed by atoms with Crippen LogP contribution in [0.5, 0.6) is 0 Å². The Morgan fingerprint density at radius 3 is 2.32 bits per heavy atom. The van der Waals surface area contributed by atoms with Crippen LogP contribution in [0.15, 0.2) is 30.5 Å². The first kappa shape index (κ1) is 44.6. The molecule has 0 bridgehead atoms. The Morgan fingerprint density at radius 2 is 1.72 bits per heavy atom. The zero-order valence-electron chi connectivity index (χ0n) is 32.6. The maximum atomic E-state index is 13.6. The lowest BCUT2D eigenvalue weighted by atomic mass is 9.89. The van der Waals surface area contributed by atoms with Crippen molar-refractivity contribution in [1.29, 1.82) is 0 Å². The number of amides is 3. The van der Waals surface area contributed by atoms with E-state index in [1.807, 2.05) is 45.0 Å². The molecule has 1 aliphatic heterocycles. The van der Waals surface area contributed by atoms with Crippen LogP contribution in [-0.4, -0.2) is 82.1 Å². The Bertz CT molecular complexity index is 1680. The second-order valence-corrected chi connectivity index (χ2v) is 23.4. The van der Waals surface area contributed by atoms with Crippen LogP contribution < -0.4 is 16.1 Å². The maximum Gasteiger partial charge on any atom is 0.325 e. The average Bonchev–Trinajstić information content (AvgIpc) is 3.06. The summed E-state index contributed by atoms with van der Waals surface area (Å²) < 4.78 is 9.82. The molecule has 0 radical (unpaired) electrons. The Balaban J connectivity index is 1.65. The topological polar surface area (TPSA) is 152 Å². The summed E-state index contributed by atoms with van der Waals surface area (Å²) in [7, 11) is -2.03. The Labute approximate surface area is 329 Å². The lowest BCUT2D eigenvalue weighted by molar-refractivity contribution is -0.152. The van der Waals surface area contributed by atoms with Crippen molar-refractivity contribution < 1.29 is 28.3 Å². The third-order valence-electron chi connectivity index (χ3n) is 9.62. The van der Waals surface area contributed by atoms with Crippen molar-refractivity contribution in [2.24, 2.45) is 11.3 Å². The molecule has 1 saturated heterocycles. The molecule has 0 aliphatic carbocycles. The average molecular weight is 814 g/mol. The minimum absolute atomic E-state index is 0.0530. The molecule has 0 spiro atoms. The molecule has 4 atom stereocenters. The number of nitrogens with zero attached hydrogens (tertiary/aromatic N) is 3. The molecule has 12 nitrogen and oxygen atoms in total. The summed E-state index contributed by atoms with van der Waals surface area (Å²) in [4.78, 5) is 62.1. The first-order valence-corrected chi connectivity index (χ1v) is 21.9. The number of alkyl halides is 3. The number of fused-ring (bicyclic) bond motifs is 1. The number of ether oxygens (including phenoxy) is 1. The molecule has 53 heavy (non-hydrogen) atoms. The van der Waals surface area contributed by atoms with E-state index < -0.39 is 60.0 Å². The molecule has 3 rings (SSSR count). The first-order chi connectivity index (χ1) is 24.3. The predicted octanol–water partition coefficient (Wildman–Crippen LogP) is 6.81. The fraction of sp³-hybridized carbons (Fsp3) is 0.622. The van der Waals surface area contributed by atoms with Gasteiger partial charge in [-0.3, -0.25) is 24.2 Å². The lowest BCUT2D eigenvalue weighted by Crippen LogP contribution is -2.61. The van der Waals surface area contributed by atoms with E-state index in [-0.39, 0.29) is 23.0 Å². The molecule has 1 aromatic carbocycles. The number of hydrogen-bond acceptors (Lipinski definition) is 9. The number of benzene rings is 1. The smallest absolute Gasteiger partial charge is 0.325 e. The molecule has 2 aromatic rings. The summed E-state index contributed by atoms with van der Waals surface area (Å²) in [5.74, 6) is -1.67. The molecule has 1 aliphatic rings. The van der Waals surface area contributed by atoms with E-state index in [1.165, 1.54) is 11.9 Å². The summed E-state index contributed by atoms with van der Waals surface area (Å²) in [6, 6.07) is 3.10. The van der Waals surface area contributed by atoms with Crippen molar-refractivity contribution >= 4 is 83.8 Å². The quantitative estimate of drug-likeness (QED) is 0.113. The van der Waals surface area contributed by atoms with Crippen LogP contribution in [0.2, 0.25) is 18.1 Å². The van der Waals surface area contributed by atoms with Crippen LogP contribution in [0.25, 0.3) is 17.0 Å². The van der Waals surface area contributed by atoms with Crippen LogP contribution in [0, 0.1) is 11.3 Å². The molecule has 1 fully saturated rings. The lowest BCUT2D eigenvalue weighted by Gasteiger charge is -2.38. The van der Waals surface area contributed by atoms with Crippen LogP contribution in [0.1, 0.15) is 92.6 Å². The third kappa shape index (κ3) is 12.6. The second kappa shape index (κ2) is 17.8. The monoisotopic (exact) mass is 812 g/mol. The highest BCUT2D eigenvalue weighted by Gasteiger charge is 2.39. The maximum absolute atomic E-state index is 13.6. The van der Waals surface area contributed by atoms with Gasteiger partial charge in [0.05, 0.1) is 10.9 Å². The largest absolute Gasteiger partial charge is 0.460 e. The van der Waals surface area contributed by atoms with Crippen molar-refractivity contribution in [2.75, 3.05) is 13.2 Å². The number of rotatable bonds is 13. The second-order valence-electron chi connectivity index (χ2n) is 16.1. The van der Waals surface area contributed by atoms with E-state index in [0.717, 1.165) is 16.5 Å². The zero-order valence-corrected chi connectivity index (χ0v) is 35.9. The van der Waals surface area contributed by atoms with Gasteiger partial charge in [0.2, 0.25) is 15.6 Å². The van der Waals surface area contributed by atoms with Gasteiger partial charge in [0.15, 0.2) is 14.1 Å². The molecule has 1 unspecified atom stereocenters. The summed E-state index contributed by atoms with van der Waals surface area (Å²) >= 11 is 17.0. The molecule has 1 aromatic heterocycles. The molecule has 3 N–H and O–H groups in total. The number of esters is 1. The van der Waals surface area contributed by atoms with Gasteiger partial charge in [-0.15, -0.1) is 0 Å². The van der Waals surface area contributed by atoms with E-state index >= 15 is 0 Å². The molecule has 3 amide bonds. The van der Waals surface area contributed by atoms with Crippen LogP contribution in [-0.2, 0) is 28.3 Å². The molecule has 294 valence electrons. The highest BCUT2D eigenvalue weighted by molar-refractivity contribution is 6.74. The highest BCUT2D eigenvalue weighted by atomic mass is 35.6. The van der Waals surface area contributed by atoms with Gasteiger partial charge in [-0.05, 0) is 76.2 Å². The van der Waals surface area contributed by atoms with Crippen molar-refractivity contribution in [3.8, 4) is 0 Å². The minimum atomic E-state index is -2.03. The van der Waals surface area contributed by atoms with E-state index in [0.29, 0.717) is 25.2 Å². The van der Waals surface area contributed by atoms with E-state index in [4.69, 9.17) is 48.9 Å².